The summed E-state index contributed by atoms with van der Waals surface area (Å²) in [5.41, 5.74) is 5.76. The Labute approximate surface area is 164 Å². The Morgan fingerprint density at radius 2 is 1.96 bits per heavy atom. The summed E-state index contributed by atoms with van der Waals surface area (Å²) in [7, 11) is -4.12. The first-order valence-corrected chi connectivity index (χ1v) is 10.1. The van der Waals surface area contributed by atoms with Crippen LogP contribution in [0.3, 0.4) is 0 Å². The second-order valence-corrected chi connectivity index (χ2v) is 8.39. The summed E-state index contributed by atoms with van der Waals surface area (Å²) in [6.07, 6.45) is 5.00. The number of rotatable bonds is 6. The van der Waals surface area contributed by atoms with Crippen LogP contribution < -0.4 is 15.8 Å². The maximum Gasteiger partial charge on any atom is 0.243 e. The second kappa shape index (κ2) is 9.85. The topological polar surface area (TPSA) is 101 Å². The van der Waals surface area contributed by atoms with Crippen molar-refractivity contribution >= 4 is 45.6 Å². The van der Waals surface area contributed by atoms with E-state index in [-0.39, 0.29) is 35.6 Å². The fourth-order valence-electron chi connectivity index (χ4n) is 3.16. The molecule has 1 aromatic rings. The zero-order valence-electron chi connectivity index (χ0n) is 14.4. The van der Waals surface area contributed by atoms with Gasteiger partial charge in [-0.2, -0.15) is 0 Å². The molecule has 0 saturated heterocycles. The van der Waals surface area contributed by atoms with Crippen LogP contribution in [-0.2, 0) is 14.8 Å². The van der Waals surface area contributed by atoms with Crippen molar-refractivity contribution in [1.29, 1.82) is 0 Å². The van der Waals surface area contributed by atoms with Crippen LogP contribution in [0.2, 0.25) is 5.02 Å². The number of sulfonamides is 1. The molecule has 0 aromatic heterocycles. The molecule has 6 nitrogen and oxygen atoms in total. The maximum atomic E-state index is 14.3. The summed E-state index contributed by atoms with van der Waals surface area (Å²) in [5.74, 6) is -1.28. The lowest BCUT2D eigenvalue weighted by atomic mass is 9.84. The average Bonchev–Trinajstić information content (AvgIpc) is 2.56. The van der Waals surface area contributed by atoms with Crippen LogP contribution in [0.1, 0.15) is 39.0 Å². The molecule has 1 aromatic carbocycles. The molecule has 0 aliphatic heterocycles. The van der Waals surface area contributed by atoms with Crippen molar-refractivity contribution in [2.75, 3.05) is 11.9 Å². The van der Waals surface area contributed by atoms with Gasteiger partial charge in [0.2, 0.25) is 15.9 Å². The van der Waals surface area contributed by atoms with Gasteiger partial charge in [-0.05, 0) is 24.8 Å². The van der Waals surface area contributed by atoms with E-state index < -0.39 is 32.7 Å². The molecule has 2 rings (SSSR count). The first kappa shape index (κ1) is 23.1. The molecule has 0 bridgehead atoms. The number of nitrogens with two attached hydrogens (primary N) is 1. The van der Waals surface area contributed by atoms with Gasteiger partial charge in [-0.3, -0.25) is 4.79 Å². The van der Waals surface area contributed by atoms with Crippen LogP contribution in [0, 0.1) is 11.7 Å². The minimum Gasteiger partial charge on any atom is -0.329 e. The van der Waals surface area contributed by atoms with E-state index in [0.717, 1.165) is 44.2 Å². The van der Waals surface area contributed by atoms with E-state index in [1.54, 1.807) is 0 Å². The maximum absolute atomic E-state index is 14.3. The van der Waals surface area contributed by atoms with Gasteiger partial charge in [-0.25, -0.2) is 17.5 Å². The molecule has 1 aliphatic rings. The minimum absolute atomic E-state index is 0. The monoisotopic (exact) mass is 427 g/mol. The number of halogens is 3. The molecule has 0 heterocycles. The predicted octanol–water partition coefficient (Wildman–Crippen LogP) is 3.05. The zero-order valence-corrected chi connectivity index (χ0v) is 16.8. The first-order chi connectivity index (χ1) is 11.7. The lowest BCUT2D eigenvalue weighted by molar-refractivity contribution is -0.114. The van der Waals surface area contributed by atoms with Gasteiger partial charge in [0.25, 0.3) is 0 Å². The summed E-state index contributed by atoms with van der Waals surface area (Å²) in [5, 5.41) is 2.29. The fraction of sp³-hybridized carbons (Fsp3) is 0.562. The van der Waals surface area contributed by atoms with Crippen molar-refractivity contribution in [2.45, 2.75) is 50.0 Å². The molecule has 1 fully saturated rings. The SMILES string of the molecule is CC(=O)Nc1cc(F)c(S(=O)(=O)NC(CN)C2CCCCC2)cc1Cl.Cl. The van der Waals surface area contributed by atoms with E-state index in [4.69, 9.17) is 17.3 Å². The highest BCUT2D eigenvalue weighted by molar-refractivity contribution is 7.89. The number of carbonyl (C=O) groups excluding carboxylic acids is 1. The molecule has 1 atom stereocenters. The van der Waals surface area contributed by atoms with Crippen LogP contribution in [0.25, 0.3) is 0 Å². The normalized spacial score (nSPS) is 16.6. The number of benzene rings is 1. The van der Waals surface area contributed by atoms with E-state index in [1.165, 1.54) is 6.92 Å². The molecular weight excluding hydrogens is 404 g/mol. The number of carbonyl (C=O) groups is 1. The van der Waals surface area contributed by atoms with Crippen molar-refractivity contribution in [3.8, 4) is 0 Å². The summed E-state index contributed by atoms with van der Waals surface area (Å²) >= 11 is 5.97. The Morgan fingerprint density at radius 3 is 2.50 bits per heavy atom. The van der Waals surface area contributed by atoms with Crippen LogP contribution in [0.5, 0.6) is 0 Å². The molecule has 10 heteroatoms. The second-order valence-electron chi connectivity index (χ2n) is 6.31. The highest BCUT2D eigenvalue weighted by Crippen LogP contribution is 2.30. The predicted molar refractivity (Wildman–Crippen MR) is 103 cm³/mol. The van der Waals surface area contributed by atoms with Gasteiger partial charge in [0, 0.05) is 25.6 Å². The first-order valence-electron chi connectivity index (χ1n) is 8.23. The fourth-order valence-corrected chi connectivity index (χ4v) is 4.83. The lowest BCUT2D eigenvalue weighted by Gasteiger charge is -2.29. The number of anilines is 1. The van der Waals surface area contributed by atoms with Crippen molar-refractivity contribution in [1.82, 2.24) is 4.72 Å². The Balaban J connectivity index is 0.00000338. The average molecular weight is 428 g/mol. The van der Waals surface area contributed by atoms with Crippen LogP contribution in [0.4, 0.5) is 10.1 Å². The lowest BCUT2D eigenvalue weighted by Crippen LogP contribution is -2.46. The van der Waals surface area contributed by atoms with E-state index in [2.05, 4.69) is 10.0 Å². The Bertz CT molecular complexity index is 741. The van der Waals surface area contributed by atoms with E-state index in [1.807, 2.05) is 0 Å². The van der Waals surface area contributed by atoms with Crippen LogP contribution >= 0.6 is 24.0 Å². The number of hydrogen-bond donors (Lipinski definition) is 3. The summed E-state index contributed by atoms with van der Waals surface area (Å²) < 4.78 is 42.0. The van der Waals surface area contributed by atoms with Crippen molar-refractivity contribution in [3.63, 3.8) is 0 Å². The van der Waals surface area contributed by atoms with Gasteiger partial charge in [-0.15, -0.1) is 12.4 Å². The molecule has 1 aliphatic carbocycles. The summed E-state index contributed by atoms with van der Waals surface area (Å²) in [4.78, 5) is 10.5. The third kappa shape index (κ3) is 5.79. The van der Waals surface area contributed by atoms with Crippen molar-refractivity contribution in [3.05, 3.63) is 23.0 Å². The van der Waals surface area contributed by atoms with Crippen LogP contribution in [0.15, 0.2) is 17.0 Å². The van der Waals surface area contributed by atoms with E-state index in [0.29, 0.717) is 0 Å². The molecule has 4 N–H and O–H groups in total. The third-order valence-corrected chi connectivity index (χ3v) is 6.22. The highest BCUT2D eigenvalue weighted by atomic mass is 35.5. The van der Waals surface area contributed by atoms with Gasteiger partial charge in [-0.1, -0.05) is 30.9 Å². The molecule has 1 saturated carbocycles. The van der Waals surface area contributed by atoms with Crippen molar-refractivity contribution in [2.24, 2.45) is 11.7 Å². The highest BCUT2D eigenvalue weighted by Gasteiger charge is 2.29. The summed E-state index contributed by atoms with van der Waals surface area (Å²) in [6, 6.07) is 1.45. The largest absolute Gasteiger partial charge is 0.329 e. The Hall–Kier alpha value is -0.930. The quantitative estimate of drug-likeness (QED) is 0.648. The van der Waals surface area contributed by atoms with Gasteiger partial charge >= 0.3 is 0 Å². The van der Waals surface area contributed by atoms with Gasteiger partial charge < -0.3 is 11.1 Å². The number of amides is 1. The molecule has 1 unspecified atom stereocenters. The molecular formula is C16H24Cl2FN3O3S. The Kier molecular flexibility index (Phi) is 8.75. The number of nitrogens with one attached hydrogen (secondary N) is 2. The standard InChI is InChI=1S/C16H23ClFN3O3S.ClH/c1-10(22)20-14-8-13(18)16(7-12(14)17)25(23,24)21-15(9-19)11-5-3-2-4-6-11;/h7-8,11,15,21H,2-6,9,19H2,1H3,(H,20,22);1H. The summed E-state index contributed by atoms with van der Waals surface area (Å²) in [6.45, 7) is 1.39. The van der Waals surface area contributed by atoms with Crippen LogP contribution in [-0.4, -0.2) is 26.9 Å². The Morgan fingerprint density at radius 1 is 1.35 bits per heavy atom. The molecule has 148 valence electrons. The number of hydrogen-bond acceptors (Lipinski definition) is 4. The third-order valence-electron chi connectivity index (χ3n) is 4.40. The zero-order chi connectivity index (χ0) is 18.6. The van der Waals surface area contributed by atoms with Gasteiger partial charge in [0.1, 0.15) is 10.7 Å². The van der Waals surface area contributed by atoms with E-state index in [9.17, 15) is 17.6 Å². The molecule has 1 amide bonds. The van der Waals surface area contributed by atoms with E-state index >= 15 is 0 Å². The van der Waals surface area contributed by atoms with Crippen molar-refractivity contribution < 1.29 is 17.6 Å². The van der Waals surface area contributed by atoms with Gasteiger partial charge in [0.05, 0.1) is 10.7 Å². The minimum atomic E-state index is -4.12. The molecule has 0 spiro atoms. The molecule has 0 radical (unpaired) electrons. The smallest absolute Gasteiger partial charge is 0.243 e. The molecule has 26 heavy (non-hydrogen) atoms. The van der Waals surface area contributed by atoms with Gasteiger partial charge in [0.15, 0.2) is 0 Å².